The fourth-order valence-electron chi connectivity index (χ4n) is 2.33. The van der Waals surface area contributed by atoms with E-state index in [2.05, 4.69) is 10.3 Å². The van der Waals surface area contributed by atoms with Gasteiger partial charge in [0.05, 0.1) is 5.56 Å². The van der Waals surface area contributed by atoms with Crippen LogP contribution < -0.4 is 5.32 Å². The molecule has 1 aromatic heterocycles. The maximum absolute atomic E-state index is 12.2. The van der Waals surface area contributed by atoms with E-state index in [0.717, 1.165) is 32.5 Å². The molecule has 1 saturated heterocycles. The molecule has 2 N–H and O–H groups in total. The van der Waals surface area contributed by atoms with Crippen LogP contribution in [0, 0.1) is 0 Å². The predicted octanol–water partition coefficient (Wildman–Crippen LogP) is 0.542. The molecule has 0 saturated carbocycles. The molecule has 0 spiro atoms. The van der Waals surface area contributed by atoms with Crippen LogP contribution in [0.25, 0.3) is 0 Å². The summed E-state index contributed by atoms with van der Waals surface area (Å²) in [4.78, 5) is 30.7. The highest BCUT2D eigenvalue weighted by atomic mass is 16.2. The van der Waals surface area contributed by atoms with E-state index in [1.165, 1.54) is 0 Å². The molecule has 1 aliphatic rings. The van der Waals surface area contributed by atoms with Crippen LogP contribution in [-0.2, 0) is 0 Å². The smallest absolute Gasteiger partial charge is 0.270 e. The third-order valence-corrected chi connectivity index (χ3v) is 3.60. The van der Waals surface area contributed by atoms with Gasteiger partial charge in [-0.15, -0.1) is 0 Å². The number of carbonyl (C=O) groups excluding carboxylic acids is 2. The monoisotopic (exact) mass is 278 g/mol. The molecule has 1 fully saturated rings. The Morgan fingerprint density at radius 3 is 2.75 bits per heavy atom. The summed E-state index contributed by atoms with van der Waals surface area (Å²) in [5.41, 5.74) is 1.03. The standard InChI is InChI=1S/C14H22N4O2/c1-15-5-8-17(2)13(19)11-9-12(16-10-11)14(20)18-6-3-4-7-18/h9-10,15-16H,3-8H2,1-2H3. The van der Waals surface area contributed by atoms with Crippen molar-refractivity contribution in [1.82, 2.24) is 20.1 Å². The van der Waals surface area contributed by atoms with Crippen LogP contribution in [0.1, 0.15) is 33.7 Å². The first kappa shape index (κ1) is 14.6. The van der Waals surface area contributed by atoms with Crippen molar-refractivity contribution >= 4 is 11.8 Å². The van der Waals surface area contributed by atoms with Crippen molar-refractivity contribution in [3.05, 3.63) is 23.5 Å². The van der Waals surface area contributed by atoms with Crippen molar-refractivity contribution in [2.75, 3.05) is 40.3 Å². The lowest BCUT2D eigenvalue weighted by Crippen LogP contribution is -2.32. The van der Waals surface area contributed by atoms with Crippen molar-refractivity contribution in [2.45, 2.75) is 12.8 Å². The van der Waals surface area contributed by atoms with Gasteiger partial charge in [-0.3, -0.25) is 9.59 Å². The van der Waals surface area contributed by atoms with Gasteiger partial charge >= 0.3 is 0 Å². The summed E-state index contributed by atoms with van der Waals surface area (Å²) < 4.78 is 0. The zero-order valence-corrected chi connectivity index (χ0v) is 12.1. The summed E-state index contributed by atoms with van der Waals surface area (Å²) in [7, 11) is 3.61. The molecule has 0 aromatic carbocycles. The molecule has 20 heavy (non-hydrogen) atoms. The number of H-pyrrole nitrogens is 1. The van der Waals surface area contributed by atoms with Crippen molar-refractivity contribution in [2.24, 2.45) is 0 Å². The molecule has 1 aliphatic heterocycles. The molecular formula is C14H22N4O2. The van der Waals surface area contributed by atoms with E-state index in [-0.39, 0.29) is 11.8 Å². The van der Waals surface area contributed by atoms with Gasteiger partial charge in [-0.2, -0.15) is 0 Å². The van der Waals surface area contributed by atoms with Gasteiger partial charge in [0.2, 0.25) is 0 Å². The number of likely N-dealkylation sites (tertiary alicyclic amines) is 1. The summed E-state index contributed by atoms with van der Waals surface area (Å²) >= 11 is 0. The highest BCUT2D eigenvalue weighted by molar-refractivity contribution is 5.99. The Morgan fingerprint density at radius 1 is 1.40 bits per heavy atom. The average molecular weight is 278 g/mol. The lowest BCUT2D eigenvalue weighted by Gasteiger charge is -2.16. The lowest BCUT2D eigenvalue weighted by molar-refractivity contribution is 0.0787. The molecule has 0 bridgehead atoms. The molecule has 0 aliphatic carbocycles. The SMILES string of the molecule is CNCCN(C)C(=O)c1c[nH]c(C(=O)N2CCCC2)c1. The fourth-order valence-corrected chi connectivity index (χ4v) is 2.33. The quantitative estimate of drug-likeness (QED) is 0.826. The maximum Gasteiger partial charge on any atom is 0.270 e. The number of carbonyl (C=O) groups is 2. The third-order valence-electron chi connectivity index (χ3n) is 3.60. The van der Waals surface area contributed by atoms with Crippen LogP contribution in [0.4, 0.5) is 0 Å². The molecule has 6 nitrogen and oxygen atoms in total. The Kier molecular flexibility index (Phi) is 4.79. The Hall–Kier alpha value is -1.82. The average Bonchev–Trinajstić information content (AvgIpc) is 3.13. The molecule has 2 amide bonds. The number of likely N-dealkylation sites (N-methyl/N-ethyl adjacent to an activating group) is 2. The van der Waals surface area contributed by atoms with Crippen LogP contribution in [-0.4, -0.2) is 66.9 Å². The Balaban J connectivity index is 2.00. The largest absolute Gasteiger partial charge is 0.356 e. The summed E-state index contributed by atoms with van der Waals surface area (Å²) in [5, 5.41) is 3.00. The molecule has 2 heterocycles. The van der Waals surface area contributed by atoms with Crippen molar-refractivity contribution in [1.29, 1.82) is 0 Å². The van der Waals surface area contributed by atoms with Gasteiger partial charge in [-0.25, -0.2) is 0 Å². The van der Waals surface area contributed by atoms with Crippen molar-refractivity contribution in [3.63, 3.8) is 0 Å². The molecule has 110 valence electrons. The van der Waals surface area contributed by atoms with E-state index < -0.39 is 0 Å². The molecule has 0 unspecified atom stereocenters. The van der Waals surface area contributed by atoms with Crippen LogP contribution in [0.15, 0.2) is 12.3 Å². The van der Waals surface area contributed by atoms with E-state index in [9.17, 15) is 9.59 Å². The summed E-state index contributed by atoms with van der Waals surface area (Å²) in [5.74, 6) is -0.0867. The van der Waals surface area contributed by atoms with Gasteiger partial charge in [-0.05, 0) is 26.0 Å². The van der Waals surface area contributed by atoms with Crippen LogP contribution in [0.2, 0.25) is 0 Å². The van der Waals surface area contributed by atoms with Gasteiger partial charge in [0.25, 0.3) is 11.8 Å². The highest BCUT2D eigenvalue weighted by Crippen LogP contribution is 2.14. The van der Waals surface area contributed by atoms with E-state index in [0.29, 0.717) is 17.8 Å². The summed E-state index contributed by atoms with van der Waals surface area (Å²) in [6, 6.07) is 1.65. The Bertz CT molecular complexity index is 477. The molecule has 0 atom stereocenters. The van der Waals surface area contributed by atoms with Crippen LogP contribution in [0.3, 0.4) is 0 Å². The number of aromatic nitrogens is 1. The van der Waals surface area contributed by atoms with E-state index in [1.807, 2.05) is 11.9 Å². The lowest BCUT2D eigenvalue weighted by atomic mass is 10.2. The first-order chi connectivity index (χ1) is 9.63. The number of nitrogens with zero attached hydrogens (tertiary/aromatic N) is 2. The molecule has 6 heteroatoms. The van der Waals surface area contributed by atoms with Gasteiger partial charge in [0.1, 0.15) is 5.69 Å². The number of nitrogens with one attached hydrogen (secondary N) is 2. The predicted molar refractivity (Wildman–Crippen MR) is 76.8 cm³/mol. The van der Waals surface area contributed by atoms with Gasteiger partial charge in [-0.1, -0.05) is 0 Å². The van der Waals surface area contributed by atoms with Crippen LogP contribution >= 0.6 is 0 Å². The fraction of sp³-hybridized carbons (Fsp3) is 0.571. The molecule has 0 radical (unpaired) electrons. The summed E-state index contributed by atoms with van der Waals surface area (Å²) in [6.45, 7) is 2.99. The Labute approximate surface area is 119 Å². The number of amides is 2. The normalized spacial score (nSPS) is 14.6. The summed E-state index contributed by atoms with van der Waals surface area (Å²) in [6.07, 6.45) is 3.73. The van der Waals surface area contributed by atoms with Crippen molar-refractivity contribution in [3.8, 4) is 0 Å². The number of rotatable bonds is 5. The van der Waals surface area contributed by atoms with Crippen molar-refractivity contribution < 1.29 is 9.59 Å². The topological polar surface area (TPSA) is 68.4 Å². The highest BCUT2D eigenvalue weighted by Gasteiger charge is 2.22. The Morgan fingerprint density at radius 2 is 2.10 bits per heavy atom. The minimum atomic E-state index is -0.0722. The maximum atomic E-state index is 12.2. The van der Waals surface area contributed by atoms with Gasteiger partial charge in [0, 0.05) is 39.4 Å². The minimum Gasteiger partial charge on any atom is -0.356 e. The van der Waals surface area contributed by atoms with Gasteiger partial charge in [0.15, 0.2) is 0 Å². The number of hydrogen-bond acceptors (Lipinski definition) is 3. The first-order valence-corrected chi connectivity index (χ1v) is 7.01. The van der Waals surface area contributed by atoms with E-state index in [4.69, 9.17) is 0 Å². The molecular weight excluding hydrogens is 256 g/mol. The molecule has 2 rings (SSSR count). The second-order valence-corrected chi connectivity index (χ2v) is 5.13. The van der Waals surface area contributed by atoms with E-state index in [1.54, 1.807) is 24.2 Å². The molecule has 1 aromatic rings. The van der Waals surface area contributed by atoms with Gasteiger partial charge < -0.3 is 20.1 Å². The number of hydrogen-bond donors (Lipinski definition) is 2. The van der Waals surface area contributed by atoms with E-state index >= 15 is 0 Å². The second-order valence-electron chi connectivity index (χ2n) is 5.13. The number of aromatic amines is 1. The second kappa shape index (κ2) is 6.56. The first-order valence-electron chi connectivity index (χ1n) is 7.01. The third kappa shape index (κ3) is 3.19. The van der Waals surface area contributed by atoms with Crippen LogP contribution in [0.5, 0.6) is 0 Å². The zero-order chi connectivity index (χ0) is 14.5. The zero-order valence-electron chi connectivity index (χ0n) is 12.1. The minimum absolute atomic E-state index is 0.0144.